The van der Waals surface area contributed by atoms with Crippen LogP contribution in [0.15, 0.2) is 78.9 Å². The van der Waals surface area contributed by atoms with Crippen LogP contribution in [0.1, 0.15) is 12.5 Å². The number of ether oxygens (including phenoxy) is 1. The zero-order valence-electron chi connectivity index (χ0n) is 16.1. The van der Waals surface area contributed by atoms with Crippen LogP contribution in [0.3, 0.4) is 0 Å². The highest BCUT2D eigenvalue weighted by molar-refractivity contribution is 5.90. The number of rotatable bonds is 7. The summed E-state index contributed by atoms with van der Waals surface area (Å²) in [4.78, 5) is 9.36. The fraction of sp³-hybridized carbons (Fsp3) is 0.130. The standard InChI is InChI=1S/C23H22N4O.ClH/c1-2-28-19-14-12-18(13-15-19)25-23-26-21-11-7-6-10-20(21)22(27-23)24-16-17-8-4-3-5-9-17;/h3-15H,2,16H2,1H3,(H2,24,25,26,27);1H/p-1. The Morgan fingerprint density at radius 2 is 1.55 bits per heavy atom. The number of nitrogens with zero attached hydrogens (tertiary/aromatic N) is 2. The summed E-state index contributed by atoms with van der Waals surface area (Å²) in [5.74, 6) is 2.21. The molecule has 0 aliphatic carbocycles. The van der Waals surface area contributed by atoms with E-state index in [0.29, 0.717) is 19.1 Å². The quantitative estimate of drug-likeness (QED) is 0.494. The summed E-state index contributed by atoms with van der Waals surface area (Å²) in [7, 11) is 0. The highest BCUT2D eigenvalue weighted by Crippen LogP contribution is 2.25. The van der Waals surface area contributed by atoms with Crippen molar-refractivity contribution in [3.8, 4) is 5.75 Å². The normalized spacial score (nSPS) is 10.2. The second-order valence-corrected chi connectivity index (χ2v) is 6.33. The van der Waals surface area contributed by atoms with Gasteiger partial charge in [-0.1, -0.05) is 42.5 Å². The van der Waals surface area contributed by atoms with Crippen LogP contribution in [0.2, 0.25) is 0 Å². The minimum Gasteiger partial charge on any atom is -1.00 e. The fourth-order valence-corrected chi connectivity index (χ4v) is 2.98. The Bertz CT molecular complexity index is 1060. The van der Waals surface area contributed by atoms with Gasteiger partial charge in [-0.15, -0.1) is 0 Å². The molecule has 5 nitrogen and oxygen atoms in total. The summed E-state index contributed by atoms with van der Waals surface area (Å²) in [6.45, 7) is 3.32. The Morgan fingerprint density at radius 3 is 2.31 bits per heavy atom. The van der Waals surface area contributed by atoms with Crippen molar-refractivity contribution in [2.45, 2.75) is 13.5 Å². The van der Waals surface area contributed by atoms with Crippen LogP contribution < -0.4 is 27.8 Å². The topological polar surface area (TPSA) is 59.1 Å². The van der Waals surface area contributed by atoms with E-state index in [4.69, 9.17) is 9.72 Å². The maximum atomic E-state index is 5.49. The summed E-state index contributed by atoms with van der Waals surface area (Å²) in [5, 5.41) is 7.73. The first-order valence-corrected chi connectivity index (χ1v) is 9.36. The summed E-state index contributed by atoms with van der Waals surface area (Å²) in [6, 6.07) is 26.1. The molecule has 0 bridgehead atoms. The lowest BCUT2D eigenvalue weighted by atomic mass is 10.2. The smallest absolute Gasteiger partial charge is 0.229 e. The van der Waals surface area contributed by atoms with Crippen molar-refractivity contribution in [2.24, 2.45) is 0 Å². The van der Waals surface area contributed by atoms with Gasteiger partial charge in [-0.2, -0.15) is 4.98 Å². The fourth-order valence-electron chi connectivity index (χ4n) is 2.98. The minimum absolute atomic E-state index is 0. The van der Waals surface area contributed by atoms with Crippen molar-refractivity contribution in [3.05, 3.63) is 84.4 Å². The molecule has 6 heteroatoms. The van der Waals surface area contributed by atoms with E-state index in [1.165, 1.54) is 5.56 Å². The molecule has 0 aliphatic heterocycles. The van der Waals surface area contributed by atoms with Crippen LogP contribution in [0.5, 0.6) is 5.75 Å². The first kappa shape index (κ1) is 20.4. The molecule has 1 aromatic heterocycles. The van der Waals surface area contributed by atoms with Gasteiger partial charge in [0, 0.05) is 17.6 Å². The molecule has 0 aliphatic rings. The summed E-state index contributed by atoms with van der Waals surface area (Å²) in [6.07, 6.45) is 0. The Labute approximate surface area is 176 Å². The monoisotopic (exact) mass is 405 g/mol. The zero-order valence-corrected chi connectivity index (χ0v) is 16.9. The highest BCUT2D eigenvalue weighted by atomic mass is 35.5. The molecule has 2 N–H and O–H groups in total. The van der Waals surface area contributed by atoms with E-state index in [1.54, 1.807) is 0 Å². The van der Waals surface area contributed by atoms with E-state index in [9.17, 15) is 0 Å². The van der Waals surface area contributed by atoms with Crippen LogP contribution in [-0.2, 0) is 6.54 Å². The van der Waals surface area contributed by atoms with E-state index in [2.05, 4.69) is 27.8 Å². The van der Waals surface area contributed by atoms with Gasteiger partial charge in [0.25, 0.3) is 0 Å². The van der Waals surface area contributed by atoms with Gasteiger partial charge in [0.1, 0.15) is 11.6 Å². The van der Waals surface area contributed by atoms with Gasteiger partial charge in [-0.05, 0) is 48.9 Å². The maximum Gasteiger partial charge on any atom is 0.229 e. The molecule has 4 rings (SSSR count). The van der Waals surface area contributed by atoms with Gasteiger partial charge in [-0.3, -0.25) is 0 Å². The lowest BCUT2D eigenvalue weighted by molar-refractivity contribution is -0.00000627. The van der Waals surface area contributed by atoms with Gasteiger partial charge in [-0.25, -0.2) is 4.98 Å². The molecule has 29 heavy (non-hydrogen) atoms. The van der Waals surface area contributed by atoms with Crippen molar-refractivity contribution in [3.63, 3.8) is 0 Å². The SMILES string of the molecule is CCOc1ccc(Nc2nc(NCc3ccccc3)c3ccccc3n2)cc1.[Cl-]. The van der Waals surface area contributed by atoms with Crippen molar-refractivity contribution in [2.75, 3.05) is 17.2 Å². The molecule has 0 fully saturated rings. The molecule has 0 saturated carbocycles. The molecule has 0 spiro atoms. The number of fused-ring (bicyclic) bond motifs is 1. The molecule has 4 aromatic rings. The van der Waals surface area contributed by atoms with E-state index >= 15 is 0 Å². The lowest BCUT2D eigenvalue weighted by Crippen LogP contribution is -3.00. The average molecular weight is 406 g/mol. The van der Waals surface area contributed by atoms with Gasteiger partial charge >= 0.3 is 0 Å². The van der Waals surface area contributed by atoms with Crippen LogP contribution in [0, 0.1) is 0 Å². The van der Waals surface area contributed by atoms with E-state index < -0.39 is 0 Å². The third kappa shape index (κ3) is 5.15. The summed E-state index contributed by atoms with van der Waals surface area (Å²) < 4.78 is 5.49. The number of aromatic nitrogens is 2. The predicted octanol–water partition coefficient (Wildman–Crippen LogP) is 2.39. The molecule has 0 amide bonds. The molecule has 0 unspecified atom stereocenters. The Balaban J connectivity index is 0.00000240. The van der Waals surface area contributed by atoms with Crippen molar-refractivity contribution < 1.29 is 17.1 Å². The summed E-state index contributed by atoms with van der Waals surface area (Å²) >= 11 is 0. The minimum atomic E-state index is 0. The van der Waals surface area contributed by atoms with Crippen molar-refractivity contribution in [1.82, 2.24) is 9.97 Å². The molecule has 0 saturated heterocycles. The van der Waals surface area contributed by atoms with Gasteiger partial charge in [0.05, 0.1) is 12.1 Å². The number of nitrogens with one attached hydrogen (secondary N) is 2. The number of para-hydroxylation sites is 1. The first-order valence-electron chi connectivity index (χ1n) is 9.36. The number of anilines is 3. The Hall–Kier alpha value is -3.31. The second-order valence-electron chi connectivity index (χ2n) is 6.33. The third-order valence-electron chi connectivity index (χ3n) is 4.33. The number of halogens is 1. The van der Waals surface area contributed by atoms with Gasteiger partial charge in [0.2, 0.25) is 5.95 Å². The zero-order chi connectivity index (χ0) is 19.2. The first-order chi connectivity index (χ1) is 13.8. The number of benzene rings is 3. The van der Waals surface area contributed by atoms with Crippen LogP contribution in [-0.4, -0.2) is 16.6 Å². The van der Waals surface area contributed by atoms with E-state index in [1.807, 2.05) is 73.7 Å². The predicted molar refractivity (Wildman–Crippen MR) is 114 cm³/mol. The Kier molecular flexibility index (Phi) is 6.87. The van der Waals surface area contributed by atoms with E-state index in [0.717, 1.165) is 28.2 Å². The lowest BCUT2D eigenvalue weighted by Gasteiger charge is -2.12. The van der Waals surface area contributed by atoms with Crippen LogP contribution in [0.4, 0.5) is 17.5 Å². The van der Waals surface area contributed by atoms with Crippen LogP contribution >= 0.6 is 0 Å². The molecule has 0 atom stereocenters. The number of hydrogen-bond acceptors (Lipinski definition) is 5. The maximum absolute atomic E-state index is 5.49. The highest BCUT2D eigenvalue weighted by Gasteiger charge is 2.08. The molecule has 1 heterocycles. The largest absolute Gasteiger partial charge is 1.00 e. The van der Waals surface area contributed by atoms with E-state index in [-0.39, 0.29) is 12.4 Å². The average Bonchev–Trinajstić information content (AvgIpc) is 2.74. The van der Waals surface area contributed by atoms with Gasteiger partial charge in [0.15, 0.2) is 0 Å². The second kappa shape index (κ2) is 9.75. The van der Waals surface area contributed by atoms with Crippen molar-refractivity contribution >= 4 is 28.4 Å². The molecular weight excluding hydrogens is 384 g/mol. The van der Waals surface area contributed by atoms with Gasteiger partial charge < -0.3 is 27.8 Å². The molecule has 148 valence electrons. The summed E-state index contributed by atoms with van der Waals surface area (Å²) in [5.41, 5.74) is 3.00. The molecule has 0 radical (unpaired) electrons. The molecule has 3 aromatic carbocycles. The third-order valence-corrected chi connectivity index (χ3v) is 4.33. The Morgan fingerprint density at radius 1 is 0.828 bits per heavy atom. The van der Waals surface area contributed by atoms with Crippen molar-refractivity contribution in [1.29, 1.82) is 0 Å². The molecular formula is C23H22ClN4O-. The number of hydrogen-bond donors (Lipinski definition) is 2. The van der Waals surface area contributed by atoms with Crippen LogP contribution in [0.25, 0.3) is 10.9 Å².